The van der Waals surface area contributed by atoms with Gasteiger partial charge in [0.25, 0.3) is 15.9 Å². The van der Waals surface area contributed by atoms with Gasteiger partial charge in [-0.1, -0.05) is 83.9 Å². The van der Waals surface area contributed by atoms with Crippen LogP contribution < -0.4 is 5.32 Å². The maximum atomic E-state index is 13.8. The van der Waals surface area contributed by atoms with E-state index < -0.39 is 27.9 Å². The van der Waals surface area contributed by atoms with Crippen LogP contribution in [-0.4, -0.2) is 54.5 Å². The normalized spacial score (nSPS) is 14.4. The number of fused-ring (bicyclic) bond motifs is 1. The summed E-state index contributed by atoms with van der Waals surface area (Å²) < 4.78 is 27.7. The zero-order valence-corrected chi connectivity index (χ0v) is 24.7. The van der Waals surface area contributed by atoms with E-state index in [1.807, 2.05) is 61.5 Å². The van der Waals surface area contributed by atoms with Crippen molar-refractivity contribution < 1.29 is 22.8 Å². The lowest BCUT2D eigenvalue weighted by Crippen LogP contribution is -2.51. The zero-order valence-electron chi connectivity index (χ0n) is 22.3. The van der Waals surface area contributed by atoms with Crippen molar-refractivity contribution in [2.75, 3.05) is 13.1 Å². The number of sulfonamides is 1. The molecule has 0 saturated heterocycles. The minimum atomic E-state index is -4.05. The fourth-order valence-corrected chi connectivity index (χ4v) is 6.47. The number of unbranched alkanes of at least 4 members (excludes halogenated alkanes) is 1. The molecule has 210 valence electrons. The number of benzene rings is 3. The molecule has 0 saturated carbocycles. The quantitative estimate of drug-likeness (QED) is 0.298. The summed E-state index contributed by atoms with van der Waals surface area (Å²) in [5.41, 5.74) is 1.80. The van der Waals surface area contributed by atoms with Gasteiger partial charge < -0.3 is 10.2 Å². The van der Waals surface area contributed by atoms with E-state index in [2.05, 4.69) is 21.2 Å². The van der Waals surface area contributed by atoms with Gasteiger partial charge in [-0.15, -0.1) is 0 Å². The van der Waals surface area contributed by atoms with Gasteiger partial charge in [0.1, 0.15) is 10.9 Å². The van der Waals surface area contributed by atoms with E-state index in [9.17, 15) is 22.8 Å². The Morgan fingerprint density at radius 1 is 0.950 bits per heavy atom. The van der Waals surface area contributed by atoms with Crippen LogP contribution in [0.15, 0.2) is 88.2 Å². The van der Waals surface area contributed by atoms with E-state index in [-0.39, 0.29) is 42.3 Å². The van der Waals surface area contributed by atoms with E-state index in [1.54, 1.807) is 12.1 Å². The highest BCUT2D eigenvalue weighted by atomic mass is 79.9. The van der Waals surface area contributed by atoms with Gasteiger partial charge in [-0.3, -0.25) is 14.4 Å². The van der Waals surface area contributed by atoms with E-state index in [0.717, 1.165) is 32.7 Å². The average Bonchev–Trinajstić information content (AvgIpc) is 3.15. The van der Waals surface area contributed by atoms with Gasteiger partial charge in [-0.25, -0.2) is 12.7 Å². The molecular formula is C30H32BrN3O5S. The number of carbonyl (C=O) groups excluding carboxylic acids is 3. The molecule has 0 aromatic heterocycles. The van der Waals surface area contributed by atoms with Gasteiger partial charge in [-0.05, 0) is 41.8 Å². The van der Waals surface area contributed by atoms with Crippen molar-refractivity contribution in [3.63, 3.8) is 0 Å². The molecule has 3 amide bonds. The van der Waals surface area contributed by atoms with Crippen LogP contribution in [0.25, 0.3) is 0 Å². The molecule has 3 aromatic rings. The molecule has 8 nitrogen and oxygen atoms in total. The smallest absolute Gasteiger partial charge is 0.269 e. The first-order chi connectivity index (χ1) is 19.2. The summed E-state index contributed by atoms with van der Waals surface area (Å²) in [5.74, 6) is -1.35. The number of rotatable bonds is 12. The highest BCUT2D eigenvalue weighted by Gasteiger charge is 2.41. The van der Waals surface area contributed by atoms with Crippen LogP contribution in [-0.2, 0) is 32.6 Å². The lowest BCUT2D eigenvalue weighted by atomic mass is 10.0. The van der Waals surface area contributed by atoms with Crippen LogP contribution in [0.5, 0.6) is 0 Å². The van der Waals surface area contributed by atoms with Crippen LogP contribution in [0.2, 0.25) is 0 Å². The fraction of sp³-hybridized carbons (Fsp3) is 0.300. The summed E-state index contributed by atoms with van der Waals surface area (Å²) in [5, 5.41) is 2.96. The average molecular weight is 627 g/mol. The molecule has 0 radical (unpaired) electrons. The van der Waals surface area contributed by atoms with Gasteiger partial charge in [0.2, 0.25) is 11.8 Å². The predicted molar refractivity (Wildman–Crippen MR) is 156 cm³/mol. The van der Waals surface area contributed by atoms with E-state index in [1.165, 1.54) is 17.0 Å². The van der Waals surface area contributed by atoms with E-state index in [4.69, 9.17) is 0 Å². The van der Waals surface area contributed by atoms with Crippen molar-refractivity contribution in [3.8, 4) is 0 Å². The molecular weight excluding hydrogens is 594 g/mol. The molecule has 10 heteroatoms. The van der Waals surface area contributed by atoms with Gasteiger partial charge in [-0.2, -0.15) is 0 Å². The highest BCUT2D eigenvalue weighted by molar-refractivity contribution is 9.10. The number of hydrogen-bond acceptors (Lipinski definition) is 5. The molecule has 1 N–H and O–H groups in total. The lowest BCUT2D eigenvalue weighted by Gasteiger charge is -2.32. The Morgan fingerprint density at radius 3 is 2.30 bits per heavy atom. The Balaban J connectivity index is 1.62. The third kappa shape index (κ3) is 6.79. The molecule has 1 aliphatic heterocycles. The van der Waals surface area contributed by atoms with Gasteiger partial charge in [0, 0.05) is 36.9 Å². The second-order valence-electron chi connectivity index (χ2n) is 9.63. The maximum Gasteiger partial charge on any atom is 0.269 e. The fourth-order valence-electron chi connectivity index (χ4n) is 4.64. The molecule has 1 heterocycles. The summed E-state index contributed by atoms with van der Waals surface area (Å²) in [6, 6.07) is 22.1. The zero-order chi connectivity index (χ0) is 28.7. The molecule has 1 atom stereocenters. The largest absolute Gasteiger partial charge is 0.354 e. The summed E-state index contributed by atoms with van der Waals surface area (Å²) in [6.07, 6.45) is 1.74. The van der Waals surface area contributed by atoms with Crippen LogP contribution >= 0.6 is 15.9 Å². The summed E-state index contributed by atoms with van der Waals surface area (Å²) in [4.78, 5) is 41.7. The van der Waals surface area contributed by atoms with Crippen molar-refractivity contribution in [1.82, 2.24) is 14.5 Å². The first-order valence-electron chi connectivity index (χ1n) is 13.2. The molecule has 40 heavy (non-hydrogen) atoms. The Morgan fingerprint density at radius 2 is 1.62 bits per heavy atom. The number of carbonyl (C=O) groups is 3. The minimum absolute atomic E-state index is 0.0589. The monoisotopic (exact) mass is 625 g/mol. The van der Waals surface area contributed by atoms with E-state index >= 15 is 0 Å². The first-order valence-corrected chi connectivity index (χ1v) is 15.5. The SMILES string of the molecule is CCCCNC(=O)C(Cc1ccccc1)N(Cc1ccc(Br)cc1)C(=O)CCN1C(=O)c2ccccc2S1(=O)=O. The molecule has 1 aliphatic rings. The number of nitrogens with one attached hydrogen (secondary N) is 1. The molecule has 0 bridgehead atoms. The third-order valence-corrected chi connectivity index (χ3v) is 9.18. The van der Waals surface area contributed by atoms with Gasteiger partial charge in [0.05, 0.1) is 5.56 Å². The molecule has 1 unspecified atom stereocenters. The highest BCUT2D eigenvalue weighted by Crippen LogP contribution is 2.30. The van der Waals surface area contributed by atoms with Gasteiger partial charge in [0.15, 0.2) is 0 Å². The summed E-state index contributed by atoms with van der Waals surface area (Å²) >= 11 is 3.42. The lowest BCUT2D eigenvalue weighted by molar-refractivity contribution is -0.141. The summed E-state index contributed by atoms with van der Waals surface area (Å²) in [6.45, 7) is 2.34. The first kappa shape index (κ1) is 29.5. The Hall–Kier alpha value is -3.50. The van der Waals surface area contributed by atoms with Crippen molar-refractivity contribution in [1.29, 1.82) is 0 Å². The molecule has 0 fully saturated rings. The molecule has 0 aliphatic carbocycles. The van der Waals surface area contributed by atoms with Crippen molar-refractivity contribution in [2.45, 2.75) is 50.1 Å². The number of hydrogen-bond donors (Lipinski definition) is 1. The molecule has 4 rings (SSSR count). The second-order valence-corrected chi connectivity index (χ2v) is 12.4. The third-order valence-electron chi connectivity index (χ3n) is 6.81. The van der Waals surface area contributed by atoms with Crippen LogP contribution in [0.4, 0.5) is 0 Å². The molecule has 3 aromatic carbocycles. The van der Waals surface area contributed by atoms with Crippen LogP contribution in [0, 0.1) is 0 Å². The van der Waals surface area contributed by atoms with Crippen molar-refractivity contribution >= 4 is 43.7 Å². The minimum Gasteiger partial charge on any atom is -0.354 e. The Bertz CT molecular complexity index is 1460. The second kappa shape index (κ2) is 13.2. The number of amides is 3. The predicted octanol–water partition coefficient (Wildman–Crippen LogP) is 4.54. The topological polar surface area (TPSA) is 104 Å². The number of halogens is 1. The number of nitrogens with zero attached hydrogens (tertiary/aromatic N) is 2. The van der Waals surface area contributed by atoms with Gasteiger partial charge >= 0.3 is 0 Å². The Labute approximate surface area is 243 Å². The van der Waals surface area contributed by atoms with Crippen LogP contribution in [0.3, 0.4) is 0 Å². The standard InChI is InChI=1S/C30H32BrN3O5S/c1-2-3-18-32-29(36)26(20-22-9-5-4-6-10-22)33(21-23-13-15-24(31)16-14-23)28(35)17-19-34-30(37)25-11-7-8-12-27(25)40(34,38)39/h4-16,26H,2-3,17-21H2,1H3,(H,32,36). The molecule has 0 spiro atoms. The van der Waals surface area contributed by atoms with Crippen LogP contribution in [0.1, 0.15) is 47.7 Å². The Kier molecular flexibility index (Phi) is 9.76. The van der Waals surface area contributed by atoms with E-state index in [0.29, 0.717) is 6.54 Å². The summed E-state index contributed by atoms with van der Waals surface area (Å²) in [7, 11) is -4.05. The van der Waals surface area contributed by atoms with Crippen molar-refractivity contribution in [2.24, 2.45) is 0 Å². The van der Waals surface area contributed by atoms with Crippen molar-refractivity contribution in [3.05, 3.63) is 100 Å². The maximum absolute atomic E-state index is 13.8.